The lowest BCUT2D eigenvalue weighted by atomic mass is 10.0. The van der Waals surface area contributed by atoms with E-state index >= 15 is 0 Å². The molecule has 160 valence electrons. The van der Waals surface area contributed by atoms with Crippen molar-refractivity contribution in [3.8, 4) is 5.69 Å². The fourth-order valence-electron chi connectivity index (χ4n) is 3.21. The van der Waals surface area contributed by atoms with Crippen molar-refractivity contribution in [2.24, 2.45) is 0 Å². The molecule has 9 nitrogen and oxygen atoms in total. The highest BCUT2D eigenvalue weighted by Gasteiger charge is 2.25. The van der Waals surface area contributed by atoms with Gasteiger partial charge in [-0.3, -0.25) is 4.79 Å². The van der Waals surface area contributed by atoms with E-state index in [1.54, 1.807) is 57.3 Å². The zero-order valence-electron chi connectivity index (χ0n) is 17.7. The second-order valence-corrected chi connectivity index (χ2v) is 7.44. The predicted octanol–water partition coefficient (Wildman–Crippen LogP) is 2.12. The van der Waals surface area contributed by atoms with Gasteiger partial charge in [0.1, 0.15) is 17.1 Å². The Labute approximate surface area is 175 Å². The Hall–Kier alpha value is -3.04. The molecule has 0 atom stereocenters. The van der Waals surface area contributed by atoms with Gasteiger partial charge in [-0.2, -0.15) is 15.0 Å². The lowest BCUT2D eigenvalue weighted by molar-refractivity contribution is 0.0691. The van der Waals surface area contributed by atoms with E-state index in [-0.39, 0.29) is 5.91 Å². The number of methoxy groups -OCH3 is 1. The first-order valence-corrected chi connectivity index (χ1v) is 9.74. The van der Waals surface area contributed by atoms with Gasteiger partial charge < -0.3 is 19.2 Å². The molecule has 0 spiro atoms. The van der Waals surface area contributed by atoms with E-state index in [2.05, 4.69) is 15.2 Å². The number of rotatable bonds is 9. The molecule has 30 heavy (non-hydrogen) atoms. The maximum absolute atomic E-state index is 13.3. The molecule has 3 rings (SSSR count). The van der Waals surface area contributed by atoms with Crippen molar-refractivity contribution in [3.05, 3.63) is 59.6 Å². The summed E-state index contributed by atoms with van der Waals surface area (Å²) < 4.78 is 10.9. The van der Waals surface area contributed by atoms with Crippen LogP contribution in [0.15, 0.2) is 41.1 Å². The zero-order chi connectivity index (χ0) is 21.7. The number of benzene rings is 1. The summed E-state index contributed by atoms with van der Waals surface area (Å²) >= 11 is 0. The van der Waals surface area contributed by atoms with E-state index in [0.717, 1.165) is 0 Å². The third kappa shape index (κ3) is 4.92. The van der Waals surface area contributed by atoms with Gasteiger partial charge >= 0.3 is 0 Å². The monoisotopic (exact) mass is 413 g/mol. The fraction of sp³-hybridized carbons (Fsp3) is 0.429. The van der Waals surface area contributed by atoms with Crippen LogP contribution in [0.5, 0.6) is 0 Å². The highest BCUT2D eigenvalue weighted by atomic mass is 16.5. The molecule has 0 saturated heterocycles. The number of amides is 1. The number of nitrogens with zero attached hydrogens (tertiary/aromatic N) is 5. The summed E-state index contributed by atoms with van der Waals surface area (Å²) in [5, 5.41) is 18.5. The van der Waals surface area contributed by atoms with Crippen LogP contribution < -0.4 is 0 Å². The number of aryl methyl sites for hydroxylation is 1. The number of ether oxygens (including phenoxy) is 1. The first-order valence-electron chi connectivity index (χ1n) is 9.74. The van der Waals surface area contributed by atoms with Gasteiger partial charge in [-0.25, -0.2) is 4.98 Å². The number of para-hydroxylation sites is 1. The molecule has 3 aromatic rings. The summed E-state index contributed by atoms with van der Waals surface area (Å²) in [7, 11) is 1.59. The summed E-state index contributed by atoms with van der Waals surface area (Å²) in [6, 6.07) is 7.20. The van der Waals surface area contributed by atoms with Gasteiger partial charge in [0.05, 0.1) is 30.3 Å². The normalized spacial score (nSPS) is 11.6. The number of hydrogen-bond donors (Lipinski definition) is 1. The van der Waals surface area contributed by atoms with Gasteiger partial charge in [0.25, 0.3) is 5.91 Å². The highest BCUT2D eigenvalue weighted by Crippen LogP contribution is 2.23. The van der Waals surface area contributed by atoms with Crippen LogP contribution in [0.3, 0.4) is 0 Å². The molecule has 2 heterocycles. The Balaban J connectivity index is 1.81. The SMILES string of the molecule is COCCN(CCc1nc(C(C)(C)O)c(C)o1)C(=O)c1ccccc1-n1nccn1. The average molecular weight is 413 g/mol. The largest absolute Gasteiger partial charge is 0.446 e. The molecular formula is C21H27N5O4. The average Bonchev–Trinajstić information content (AvgIpc) is 3.37. The molecular weight excluding hydrogens is 386 g/mol. The molecule has 0 aliphatic heterocycles. The molecule has 1 aromatic carbocycles. The molecule has 1 amide bonds. The maximum Gasteiger partial charge on any atom is 0.256 e. The third-order valence-electron chi connectivity index (χ3n) is 4.64. The van der Waals surface area contributed by atoms with Crippen molar-refractivity contribution >= 4 is 5.91 Å². The topological polar surface area (TPSA) is 107 Å². The van der Waals surface area contributed by atoms with Crippen LogP contribution in [0.25, 0.3) is 5.69 Å². The molecule has 0 aliphatic rings. The van der Waals surface area contributed by atoms with Crippen LogP contribution in [0.1, 0.15) is 41.6 Å². The standard InChI is InChI=1S/C21H27N5O4/c1-15-19(21(2,3)28)24-18(30-15)9-12-25(13-14-29-4)20(27)16-7-5-6-8-17(16)26-22-10-11-23-26/h5-8,10-11,28H,9,12-14H2,1-4H3. The number of hydrogen-bond acceptors (Lipinski definition) is 7. The van der Waals surface area contributed by atoms with E-state index in [0.29, 0.717) is 54.7 Å². The first kappa shape index (κ1) is 21.7. The number of oxazole rings is 1. The second kappa shape index (κ2) is 9.19. The van der Waals surface area contributed by atoms with Gasteiger partial charge in [-0.1, -0.05) is 12.1 Å². The van der Waals surface area contributed by atoms with Crippen molar-refractivity contribution < 1.29 is 19.1 Å². The van der Waals surface area contributed by atoms with Crippen molar-refractivity contribution in [2.75, 3.05) is 26.8 Å². The predicted molar refractivity (Wildman–Crippen MR) is 109 cm³/mol. The lowest BCUT2D eigenvalue weighted by Crippen LogP contribution is -2.36. The van der Waals surface area contributed by atoms with Gasteiger partial charge in [0.2, 0.25) is 0 Å². The number of aromatic nitrogens is 4. The molecule has 0 radical (unpaired) electrons. The molecule has 2 aromatic heterocycles. The summed E-state index contributed by atoms with van der Waals surface area (Å²) in [6.07, 6.45) is 3.54. The third-order valence-corrected chi connectivity index (χ3v) is 4.64. The minimum atomic E-state index is -1.09. The number of aliphatic hydroxyl groups is 1. The Bertz CT molecular complexity index is 976. The van der Waals surface area contributed by atoms with Crippen molar-refractivity contribution in [1.82, 2.24) is 24.9 Å². The van der Waals surface area contributed by atoms with Crippen LogP contribution >= 0.6 is 0 Å². The zero-order valence-corrected chi connectivity index (χ0v) is 17.7. The highest BCUT2D eigenvalue weighted by molar-refractivity contribution is 5.97. The van der Waals surface area contributed by atoms with Crippen LogP contribution in [-0.4, -0.2) is 62.7 Å². The Morgan fingerprint density at radius 1 is 1.23 bits per heavy atom. The molecule has 0 unspecified atom stereocenters. The molecule has 0 bridgehead atoms. The minimum Gasteiger partial charge on any atom is -0.446 e. The molecule has 9 heteroatoms. The Morgan fingerprint density at radius 3 is 2.57 bits per heavy atom. The summed E-state index contributed by atoms with van der Waals surface area (Å²) in [4.78, 5) is 20.9. The van der Waals surface area contributed by atoms with Crippen molar-refractivity contribution in [2.45, 2.75) is 32.8 Å². The van der Waals surface area contributed by atoms with Crippen LogP contribution in [-0.2, 0) is 16.8 Å². The minimum absolute atomic E-state index is 0.161. The van der Waals surface area contributed by atoms with E-state index in [1.807, 2.05) is 12.1 Å². The Kier molecular flexibility index (Phi) is 6.63. The molecule has 0 aliphatic carbocycles. The van der Waals surface area contributed by atoms with Gasteiger partial charge in [-0.05, 0) is 32.9 Å². The molecule has 0 fully saturated rings. The number of carbonyl (C=O) groups is 1. The van der Waals surface area contributed by atoms with Crippen molar-refractivity contribution in [1.29, 1.82) is 0 Å². The van der Waals surface area contributed by atoms with Crippen molar-refractivity contribution in [3.63, 3.8) is 0 Å². The van der Waals surface area contributed by atoms with E-state index in [1.165, 1.54) is 4.80 Å². The summed E-state index contributed by atoms with van der Waals surface area (Å²) in [6.45, 7) is 6.29. The van der Waals surface area contributed by atoms with E-state index in [4.69, 9.17) is 9.15 Å². The smallest absolute Gasteiger partial charge is 0.256 e. The van der Waals surface area contributed by atoms with Gasteiger partial charge in [-0.15, -0.1) is 0 Å². The molecule has 1 N–H and O–H groups in total. The van der Waals surface area contributed by atoms with Crippen LogP contribution in [0.4, 0.5) is 0 Å². The van der Waals surface area contributed by atoms with Gasteiger partial charge in [0, 0.05) is 26.6 Å². The maximum atomic E-state index is 13.3. The van der Waals surface area contributed by atoms with Gasteiger partial charge in [0.15, 0.2) is 5.89 Å². The summed E-state index contributed by atoms with van der Waals surface area (Å²) in [5.41, 5.74) is 0.506. The Morgan fingerprint density at radius 2 is 1.93 bits per heavy atom. The number of carbonyl (C=O) groups excluding carboxylic acids is 1. The first-order chi connectivity index (χ1) is 14.3. The van der Waals surface area contributed by atoms with E-state index < -0.39 is 5.60 Å². The fourth-order valence-corrected chi connectivity index (χ4v) is 3.21. The summed E-state index contributed by atoms with van der Waals surface area (Å²) in [5.74, 6) is 0.884. The quantitative estimate of drug-likeness (QED) is 0.573. The van der Waals surface area contributed by atoms with Crippen LogP contribution in [0, 0.1) is 6.92 Å². The lowest BCUT2D eigenvalue weighted by Gasteiger charge is -2.23. The van der Waals surface area contributed by atoms with E-state index in [9.17, 15) is 9.90 Å². The second-order valence-electron chi connectivity index (χ2n) is 7.44. The van der Waals surface area contributed by atoms with Crippen LogP contribution in [0.2, 0.25) is 0 Å². The molecule has 0 saturated carbocycles.